The van der Waals surface area contributed by atoms with Crippen molar-refractivity contribution in [3.63, 3.8) is 0 Å². The van der Waals surface area contributed by atoms with Crippen molar-refractivity contribution in [1.29, 1.82) is 0 Å². The first-order chi connectivity index (χ1) is 8.31. The lowest BCUT2D eigenvalue weighted by Gasteiger charge is -2.05. The van der Waals surface area contributed by atoms with Crippen molar-refractivity contribution < 1.29 is 9.53 Å². The van der Waals surface area contributed by atoms with Crippen LogP contribution in [0.4, 0.5) is 0 Å². The molecular weight excluding hydrogens is 256 g/mol. The van der Waals surface area contributed by atoms with Gasteiger partial charge in [-0.15, -0.1) is 0 Å². The summed E-state index contributed by atoms with van der Waals surface area (Å²) in [6.07, 6.45) is 1.49. The molecular formula is C11H10N2O2S2. The summed E-state index contributed by atoms with van der Waals surface area (Å²) in [5.74, 6) is 0.980. The Morgan fingerprint density at radius 2 is 2.29 bits per heavy atom. The number of rotatable bonds is 5. The number of nitrogens with zero attached hydrogens (tertiary/aromatic N) is 2. The van der Waals surface area contributed by atoms with E-state index in [-0.39, 0.29) is 5.78 Å². The second kappa shape index (κ2) is 5.79. The SMILES string of the molecule is COc1ccccc1C(=O)CSc1ncns1. The Labute approximate surface area is 107 Å². The maximum atomic E-state index is 12.0. The molecule has 6 heteroatoms. The van der Waals surface area contributed by atoms with E-state index in [1.165, 1.54) is 29.6 Å². The third-order valence-electron chi connectivity index (χ3n) is 2.08. The van der Waals surface area contributed by atoms with Crippen LogP contribution in [0, 0.1) is 0 Å². The lowest BCUT2D eigenvalue weighted by atomic mass is 10.1. The van der Waals surface area contributed by atoms with Gasteiger partial charge in [0.25, 0.3) is 0 Å². The number of aromatic nitrogens is 2. The van der Waals surface area contributed by atoms with Crippen LogP contribution in [0.3, 0.4) is 0 Å². The minimum Gasteiger partial charge on any atom is -0.496 e. The van der Waals surface area contributed by atoms with Gasteiger partial charge >= 0.3 is 0 Å². The molecule has 0 saturated carbocycles. The van der Waals surface area contributed by atoms with E-state index < -0.39 is 0 Å². The molecule has 88 valence electrons. The van der Waals surface area contributed by atoms with Gasteiger partial charge in [-0.2, -0.15) is 4.37 Å². The van der Waals surface area contributed by atoms with Gasteiger partial charge in [0, 0.05) is 0 Å². The van der Waals surface area contributed by atoms with Gasteiger partial charge in [0.1, 0.15) is 12.1 Å². The number of ether oxygens (including phenoxy) is 1. The predicted octanol–water partition coefficient (Wildman–Crippen LogP) is 2.52. The molecule has 2 rings (SSSR count). The van der Waals surface area contributed by atoms with E-state index in [2.05, 4.69) is 9.36 Å². The summed E-state index contributed by atoms with van der Waals surface area (Å²) in [6.45, 7) is 0. The lowest BCUT2D eigenvalue weighted by Crippen LogP contribution is -2.04. The third-order valence-corrected chi connectivity index (χ3v) is 3.87. The second-order valence-corrected chi connectivity index (χ2v) is 5.12. The topological polar surface area (TPSA) is 52.1 Å². The molecule has 1 heterocycles. The number of hydrogen-bond acceptors (Lipinski definition) is 6. The number of hydrogen-bond donors (Lipinski definition) is 0. The highest BCUT2D eigenvalue weighted by molar-refractivity contribution is 8.01. The van der Waals surface area contributed by atoms with Crippen molar-refractivity contribution in [3.8, 4) is 5.75 Å². The van der Waals surface area contributed by atoms with E-state index in [1.807, 2.05) is 12.1 Å². The van der Waals surface area contributed by atoms with Crippen LogP contribution >= 0.6 is 23.3 Å². The first-order valence-corrected chi connectivity index (χ1v) is 6.63. The number of ketones is 1. The van der Waals surface area contributed by atoms with Gasteiger partial charge in [-0.3, -0.25) is 4.79 Å². The summed E-state index contributed by atoms with van der Waals surface area (Å²) < 4.78 is 9.83. The fraction of sp³-hybridized carbons (Fsp3) is 0.182. The Hall–Kier alpha value is -1.40. The standard InChI is InChI=1S/C11H10N2O2S2/c1-15-10-5-3-2-4-8(10)9(14)6-16-11-12-7-13-17-11/h2-5,7H,6H2,1H3. The number of carbonyl (C=O) groups excluding carboxylic acids is 1. The van der Waals surface area contributed by atoms with E-state index in [4.69, 9.17) is 4.74 Å². The van der Waals surface area contributed by atoms with E-state index in [1.54, 1.807) is 19.2 Å². The zero-order valence-electron chi connectivity index (χ0n) is 9.12. The smallest absolute Gasteiger partial charge is 0.176 e. The Morgan fingerprint density at radius 1 is 1.47 bits per heavy atom. The number of thioether (sulfide) groups is 1. The van der Waals surface area contributed by atoms with E-state index in [9.17, 15) is 4.79 Å². The monoisotopic (exact) mass is 266 g/mol. The van der Waals surface area contributed by atoms with Gasteiger partial charge in [0.05, 0.1) is 18.4 Å². The summed E-state index contributed by atoms with van der Waals surface area (Å²) in [7, 11) is 1.56. The van der Waals surface area contributed by atoms with Gasteiger partial charge < -0.3 is 4.74 Å². The van der Waals surface area contributed by atoms with Crippen LogP contribution in [0.5, 0.6) is 5.75 Å². The Kier molecular flexibility index (Phi) is 4.11. The molecule has 0 unspecified atom stereocenters. The summed E-state index contributed by atoms with van der Waals surface area (Å²) in [5, 5.41) is 0. The van der Waals surface area contributed by atoms with Crippen LogP contribution in [0.1, 0.15) is 10.4 Å². The number of carbonyl (C=O) groups is 1. The molecule has 2 aromatic rings. The van der Waals surface area contributed by atoms with Crippen LogP contribution < -0.4 is 4.74 Å². The van der Waals surface area contributed by atoms with Gasteiger partial charge in [-0.25, -0.2) is 4.98 Å². The van der Waals surface area contributed by atoms with Crippen LogP contribution in [0.2, 0.25) is 0 Å². The minimum absolute atomic E-state index is 0.0302. The molecule has 0 N–H and O–H groups in total. The van der Waals surface area contributed by atoms with Crippen molar-refractivity contribution >= 4 is 29.1 Å². The van der Waals surface area contributed by atoms with Gasteiger partial charge in [0.2, 0.25) is 0 Å². The molecule has 1 aromatic heterocycles. The van der Waals surface area contributed by atoms with E-state index in [0.29, 0.717) is 17.1 Å². The molecule has 17 heavy (non-hydrogen) atoms. The highest BCUT2D eigenvalue weighted by Gasteiger charge is 2.12. The summed E-state index contributed by atoms with van der Waals surface area (Å²) in [5.41, 5.74) is 0.604. The Balaban J connectivity index is 2.04. The first kappa shape index (κ1) is 12.1. The predicted molar refractivity (Wildman–Crippen MR) is 68.0 cm³/mol. The van der Waals surface area contributed by atoms with Gasteiger partial charge in [0.15, 0.2) is 10.1 Å². The molecule has 0 bridgehead atoms. The van der Waals surface area contributed by atoms with E-state index >= 15 is 0 Å². The lowest BCUT2D eigenvalue weighted by molar-refractivity contribution is 0.101. The van der Waals surface area contributed by atoms with Crippen LogP contribution in [0.25, 0.3) is 0 Å². The van der Waals surface area contributed by atoms with Crippen molar-refractivity contribution in [3.05, 3.63) is 36.2 Å². The van der Waals surface area contributed by atoms with Crippen molar-refractivity contribution in [2.24, 2.45) is 0 Å². The average molecular weight is 266 g/mol. The fourth-order valence-electron chi connectivity index (χ4n) is 1.31. The molecule has 0 aliphatic rings. The van der Waals surface area contributed by atoms with Crippen molar-refractivity contribution in [2.75, 3.05) is 12.9 Å². The van der Waals surface area contributed by atoms with Gasteiger partial charge in [-0.05, 0) is 23.7 Å². The first-order valence-electron chi connectivity index (χ1n) is 4.87. The maximum Gasteiger partial charge on any atom is 0.176 e. The summed E-state index contributed by atoms with van der Waals surface area (Å²) in [6, 6.07) is 7.21. The molecule has 0 aliphatic carbocycles. The fourth-order valence-corrected chi connectivity index (χ4v) is 2.63. The molecule has 4 nitrogen and oxygen atoms in total. The Morgan fingerprint density at radius 3 is 3.00 bits per heavy atom. The number of methoxy groups -OCH3 is 1. The number of Topliss-reactive ketones (excluding diaryl/α,β-unsaturated/α-hetero) is 1. The van der Waals surface area contributed by atoms with Crippen molar-refractivity contribution in [1.82, 2.24) is 9.36 Å². The van der Waals surface area contributed by atoms with E-state index in [0.717, 1.165) is 4.34 Å². The molecule has 0 saturated heterocycles. The zero-order valence-corrected chi connectivity index (χ0v) is 10.8. The van der Waals surface area contributed by atoms with Crippen LogP contribution in [-0.2, 0) is 0 Å². The maximum absolute atomic E-state index is 12.0. The molecule has 0 aliphatic heterocycles. The molecule has 0 amide bonds. The summed E-state index contributed by atoms with van der Waals surface area (Å²) >= 11 is 2.68. The second-order valence-electron chi connectivity index (χ2n) is 3.12. The normalized spacial score (nSPS) is 10.2. The summed E-state index contributed by atoms with van der Waals surface area (Å²) in [4.78, 5) is 16.0. The highest BCUT2D eigenvalue weighted by Crippen LogP contribution is 2.23. The quantitative estimate of drug-likeness (QED) is 0.615. The largest absolute Gasteiger partial charge is 0.496 e. The third kappa shape index (κ3) is 3.04. The number of para-hydroxylation sites is 1. The molecule has 0 atom stereocenters. The Bertz CT molecular complexity index is 500. The zero-order chi connectivity index (χ0) is 12.1. The molecule has 0 fully saturated rings. The minimum atomic E-state index is 0.0302. The van der Waals surface area contributed by atoms with Gasteiger partial charge in [-0.1, -0.05) is 23.9 Å². The molecule has 0 radical (unpaired) electrons. The molecule has 0 spiro atoms. The van der Waals surface area contributed by atoms with Crippen molar-refractivity contribution in [2.45, 2.75) is 4.34 Å². The average Bonchev–Trinajstić information content (AvgIpc) is 2.89. The molecule has 1 aromatic carbocycles. The van der Waals surface area contributed by atoms with Crippen LogP contribution in [-0.4, -0.2) is 28.0 Å². The highest BCUT2D eigenvalue weighted by atomic mass is 32.2. The van der Waals surface area contributed by atoms with Crippen LogP contribution in [0.15, 0.2) is 34.9 Å². The number of benzene rings is 1.